The molecule has 0 aliphatic heterocycles. The zero-order valence-electron chi connectivity index (χ0n) is 10.7. The Morgan fingerprint density at radius 3 is 2.48 bits per heavy atom. The second-order valence-electron chi connectivity index (χ2n) is 4.10. The standard InChI is InChI=1S/C13H10N6O2/c20-10-6-2-1-5-9(10)14-15-12-8(4-3-7-11(12)21)13-16-18-19-17-13/h1-7,20-21H,(H,16,17,18,19). The number of aromatic amines is 1. The van der Waals surface area contributed by atoms with E-state index in [1.165, 1.54) is 12.1 Å². The summed E-state index contributed by atoms with van der Waals surface area (Å²) in [5.41, 5.74) is 0.963. The lowest BCUT2D eigenvalue weighted by Gasteiger charge is -2.03. The van der Waals surface area contributed by atoms with Gasteiger partial charge in [-0.2, -0.15) is 5.21 Å². The number of azo groups is 1. The molecule has 104 valence electrons. The molecule has 0 amide bonds. The Bertz CT molecular complexity index is 785. The van der Waals surface area contributed by atoms with E-state index >= 15 is 0 Å². The molecule has 21 heavy (non-hydrogen) atoms. The molecule has 0 radical (unpaired) electrons. The highest BCUT2D eigenvalue weighted by atomic mass is 16.3. The van der Waals surface area contributed by atoms with Crippen LogP contribution in [0.5, 0.6) is 11.5 Å². The summed E-state index contributed by atoms with van der Waals surface area (Å²) in [6.45, 7) is 0. The Morgan fingerprint density at radius 1 is 0.905 bits per heavy atom. The first-order chi connectivity index (χ1) is 10.3. The largest absolute Gasteiger partial charge is 0.506 e. The van der Waals surface area contributed by atoms with Gasteiger partial charge in [0, 0.05) is 0 Å². The quantitative estimate of drug-likeness (QED) is 0.638. The summed E-state index contributed by atoms with van der Waals surface area (Å²) in [6.07, 6.45) is 0. The third kappa shape index (κ3) is 2.54. The molecule has 8 nitrogen and oxygen atoms in total. The van der Waals surface area contributed by atoms with Gasteiger partial charge in [-0.05, 0) is 29.5 Å². The molecule has 8 heteroatoms. The van der Waals surface area contributed by atoms with E-state index in [-0.39, 0.29) is 23.0 Å². The molecule has 0 bridgehead atoms. The SMILES string of the molecule is Oc1ccccc1N=Nc1c(O)cccc1-c1nn[nH]n1. The predicted octanol–water partition coefficient (Wildman–Crippen LogP) is 2.69. The summed E-state index contributed by atoms with van der Waals surface area (Å²) in [5.74, 6) is 0.214. The van der Waals surface area contributed by atoms with E-state index in [0.717, 1.165) is 0 Å². The minimum atomic E-state index is -0.0727. The van der Waals surface area contributed by atoms with Crippen LogP contribution < -0.4 is 0 Å². The van der Waals surface area contributed by atoms with E-state index < -0.39 is 0 Å². The predicted molar refractivity (Wildman–Crippen MR) is 73.6 cm³/mol. The normalized spacial score (nSPS) is 11.0. The van der Waals surface area contributed by atoms with Crippen molar-refractivity contribution in [2.45, 2.75) is 0 Å². The van der Waals surface area contributed by atoms with E-state index in [0.29, 0.717) is 11.3 Å². The lowest BCUT2D eigenvalue weighted by Crippen LogP contribution is -1.82. The first kappa shape index (κ1) is 12.7. The van der Waals surface area contributed by atoms with Crippen molar-refractivity contribution in [1.29, 1.82) is 0 Å². The highest BCUT2D eigenvalue weighted by molar-refractivity contribution is 5.75. The minimum absolute atomic E-state index is 0.00205. The van der Waals surface area contributed by atoms with Gasteiger partial charge in [0.1, 0.15) is 22.9 Å². The molecular weight excluding hydrogens is 272 g/mol. The molecule has 0 aliphatic rings. The van der Waals surface area contributed by atoms with Gasteiger partial charge in [0.25, 0.3) is 0 Å². The summed E-state index contributed by atoms with van der Waals surface area (Å²) in [7, 11) is 0. The van der Waals surface area contributed by atoms with Crippen molar-refractivity contribution >= 4 is 11.4 Å². The number of hydrogen-bond donors (Lipinski definition) is 3. The number of H-pyrrole nitrogens is 1. The third-order valence-corrected chi connectivity index (χ3v) is 2.74. The van der Waals surface area contributed by atoms with Gasteiger partial charge in [0.15, 0.2) is 0 Å². The van der Waals surface area contributed by atoms with Crippen molar-refractivity contribution in [1.82, 2.24) is 20.6 Å². The highest BCUT2D eigenvalue weighted by Gasteiger charge is 2.13. The van der Waals surface area contributed by atoms with Crippen LogP contribution in [0.1, 0.15) is 0 Å². The molecule has 0 fully saturated rings. The summed E-state index contributed by atoms with van der Waals surface area (Å²) >= 11 is 0. The smallest absolute Gasteiger partial charge is 0.207 e. The number of aromatic nitrogens is 4. The minimum Gasteiger partial charge on any atom is -0.506 e. The van der Waals surface area contributed by atoms with Gasteiger partial charge in [-0.25, -0.2) is 0 Å². The Hall–Kier alpha value is -3.29. The average Bonchev–Trinajstić information content (AvgIpc) is 3.01. The number of phenolic OH excluding ortho intramolecular Hbond substituents is 2. The molecular formula is C13H10N6O2. The number of tetrazole rings is 1. The monoisotopic (exact) mass is 282 g/mol. The number of benzene rings is 2. The second kappa shape index (κ2) is 5.37. The zero-order valence-corrected chi connectivity index (χ0v) is 10.7. The number of para-hydroxylation sites is 1. The van der Waals surface area contributed by atoms with Crippen molar-refractivity contribution in [3.05, 3.63) is 42.5 Å². The first-order valence-electron chi connectivity index (χ1n) is 6.01. The fourth-order valence-corrected chi connectivity index (χ4v) is 1.75. The lowest BCUT2D eigenvalue weighted by molar-refractivity contribution is 0.474. The average molecular weight is 282 g/mol. The van der Waals surface area contributed by atoms with Gasteiger partial charge in [-0.15, -0.1) is 20.4 Å². The van der Waals surface area contributed by atoms with Crippen LogP contribution in [0.2, 0.25) is 0 Å². The van der Waals surface area contributed by atoms with E-state index in [9.17, 15) is 10.2 Å². The molecule has 1 heterocycles. The topological polar surface area (TPSA) is 120 Å². The summed E-state index contributed by atoms with van der Waals surface area (Å²) in [6, 6.07) is 11.3. The fraction of sp³-hybridized carbons (Fsp3) is 0. The Morgan fingerprint density at radius 2 is 1.71 bits per heavy atom. The van der Waals surface area contributed by atoms with Crippen molar-refractivity contribution < 1.29 is 10.2 Å². The molecule has 1 aromatic heterocycles. The number of nitrogens with one attached hydrogen (secondary N) is 1. The maximum atomic E-state index is 9.94. The Labute approximate surface area is 118 Å². The van der Waals surface area contributed by atoms with Crippen LogP contribution in [-0.2, 0) is 0 Å². The molecule has 0 saturated heterocycles. The van der Waals surface area contributed by atoms with Crippen LogP contribution in [0.4, 0.5) is 11.4 Å². The van der Waals surface area contributed by atoms with E-state index in [4.69, 9.17) is 0 Å². The molecule has 0 atom stereocenters. The van der Waals surface area contributed by atoms with Crippen molar-refractivity contribution in [3.8, 4) is 22.9 Å². The van der Waals surface area contributed by atoms with E-state index in [1.54, 1.807) is 30.3 Å². The number of nitrogens with zero attached hydrogens (tertiary/aromatic N) is 5. The zero-order chi connectivity index (χ0) is 14.7. The number of phenols is 2. The Balaban J connectivity index is 2.05. The molecule has 0 spiro atoms. The molecule has 0 aliphatic carbocycles. The summed E-state index contributed by atoms with van der Waals surface area (Å²) < 4.78 is 0. The van der Waals surface area contributed by atoms with Crippen molar-refractivity contribution in [2.24, 2.45) is 10.2 Å². The van der Waals surface area contributed by atoms with Gasteiger partial charge >= 0.3 is 0 Å². The highest BCUT2D eigenvalue weighted by Crippen LogP contribution is 2.37. The van der Waals surface area contributed by atoms with Gasteiger partial charge in [0.05, 0.1) is 5.56 Å². The van der Waals surface area contributed by atoms with Gasteiger partial charge < -0.3 is 10.2 Å². The summed E-state index contributed by atoms with van der Waals surface area (Å²) in [4.78, 5) is 0. The van der Waals surface area contributed by atoms with Crippen molar-refractivity contribution in [2.75, 3.05) is 0 Å². The lowest BCUT2D eigenvalue weighted by atomic mass is 10.1. The van der Waals surface area contributed by atoms with Crippen LogP contribution in [-0.4, -0.2) is 30.8 Å². The number of hydrogen-bond acceptors (Lipinski definition) is 7. The molecule has 0 unspecified atom stereocenters. The van der Waals surface area contributed by atoms with Crippen LogP contribution in [0.3, 0.4) is 0 Å². The third-order valence-electron chi connectivity index (χ3n) is 2.74. The molecule has 3 aromatic rings. The van der Waals surface area contributed by atoms with Gasteiger partial charge in [0.2, 0.25) is 5.82 Å². The maximum Gasteiger partial charge on any atom is 0.207 e. The van der Waals surface area contributed by atoms with Crippen LogP contribution in [0.25, 0.3) is 11.4 Å². The second-order valence-corrected chi connectivity index (χ2v) is 4.10. The van der Waals surface area contributed by atoms with E-state index in [2.05, 4.69) is 30.9 Å². The van der Waals surface area contributed by atoms with Crippen LogP contribution in [0.15, 0.2) is 52.7 Å². The molecule has 3 N–H and O–H groups in total. The summed E-state index contributed by atoms with van der Waals surface area (Å²) in [5, 5.41) is 41.0. The van der Waals surface area contributed by atoms with E-state index in [1.807, 2.05) is 0 Å². The number of aromatic hydroxyl groups is 2. The Kier molecular flexibility index (Phi) is 3.26. The van der Waals surface area contributed by atoms with Gasteiger partial charge in [-0.1, -0.05) is 18.2 Å². The van der Waals surface area contributed by atoms with Crippen LogP contribution in [0, 0.1) is 0 Å². The molecule has 0 saturated carbocycles. The fourth-order valence-electron chi connectivity index (χ4n) is 1.75. The van der Waals surface area contributed by atoms with Crippen LogP contribution >= 0.6 is 0 Å². The van der Waals surface area contributed by atoms with Crippen molar-refractivity contribution in [3.63, 3.8) is 0 Å². The van der Waals surface area contributed by atoms with Gasteiger partial charge in [-0.3, -0.25) is 0 Å². The number of rotatable bonds is 3. The first-order valence-corrected chi connectivity index (χ1v) is 6.01. The molecule has 3 rings (SSSR count). The molecule has 2 aromatic carbocycles. The maximum absolute atomic E-state index is 9.94.